The van der Waals surface area contributed by atoms with Crippen LogP contribution in [0.15, 0.2) is 0 Å². The smallest absolute Gasteiger partial charge is 0.217 e. The summed E-state index contributed by atoms with van der Waals surface area (Å²) in [7, 11) is -3.12. The van der Waals surface area contributed by atoms with E-state index >= 15 is 0 Å². The van der Waals surface area contributed by atoms with Crippen LogP contribution in [0.3, 0.4) is 0 Å². The monoisotopic (exact) mass is 262 g/mol. The van der Waals surface area contributed by atoms with Crippen LogP contribution in [0.25, 0.3) is 0 Å². The normalized spacial score (nSPS) is 29.2. The minimum Gasteiger partial charge on any atom is -0.316 e. The van der Waals surface area contributed by atoms with Gasteiger partial charge in [0.2, 0.25) is 10.0 Å². The van der Waals surface area contributed by atoms with E-state index in [1.54, 1.807) is 11.2 Å². The summed E-state index contributed by atoms with van der Waals surface area (Å²) in [5, 5.41) is 2.78. The Kier molecular flexibility index (Phi) is 5.41. The molecular formula is C12H26N2O2S. The summed E-state index contributed by atoms with van der Waals surface area (Å²) in [5.41, 5.74) is 0. The van der Waals surface area contributed by atoms with Crippen LogP contribution < -0.4 is 5.32 Å². The molecule has 0 bridgehead atoms. The Hall–Kier alpha value is -0.130. The van der Waals surface area contributed by atoms with E-state index in [9.17, 15) is 8.42 Å². The molecule has 0 aromatic carbocycles. The van der Waals surface area contributed by atoms with Crippen molar-refractivity contribution in [1.29, 1.82) is 0 Å². The van der Waals surface area contributed by atoms with Crippen molar-refractivity contribution in [3.8, 4) is 0 Å². The van der Waals surface area contributed by atoms with E-state index in [2.05, 4.69) is 19.2 Å². The summed E-state index contributed by atoms with van der Waals surface area (Å²) in [6.45, 7) is 10.8. The average molecular weight is 262 g/mol. The number of nitrogens with zero attached hydrogens (tertiary/aromatic N) is 1. The molecule has 102 valence electrons. The van der Waals surface area contributed by atoms with Gasteiger partial charge in [0, 0.05) is 19.6 Å². The quantitative estimate of drug-likeness (QED) is 0.812. The Morgan fingerprint density at radius 2 is 2.00 bits per heavy atom. The molecule has 0 aromatic rings. The summed E-state index contributed by atoms with van der Waals surface area (Å²) in [6.07, 6.45) is 0.980. The zero-order valence-electron chi connectivity index (χ0n) is 11.4. The van der Waals surface area contributed by atoms with Crippen molar-refractivity contribution < 1.29 is 8.42 Å². The van der Waals surface area contributed by atoms with Crippen LogP contribution in [0, 0.1) is 11.8 Å². The minimum atomic E-state index is -3.12. The Bertz CT molecular complexity index is 329. The first-order chi connectivity index (χ1) is 7.89. The van der Waals surface area contributed by atoms with Crippen molar-refractivity contribution in [1.82, 2.24) is 9.62 Å². The van der Waals surface area contributed by atoms with Crippen molar-refractivity contribution in [2.75, 3.05) is 26.2 Å². The predicted molar refractivity (Wildman–Crippen MR) is 71.4 cm³/mol. The van der Waals surface area contributed by atoms with Gasteiger partial charge in [0.1, 0.15) is 0 Å². The second-order valence-electron chi connectivity index (χ2n) is 5.26. The zero-order chi connectivity index (χ0) is 13.1. The second kappa shape index (κ2) is 6.16. The van der Waals surface area contributed by atoms with Crippen molar-refractivity contribution in [3.05, 3.63) is 0 Å². The maximum Gasteiger partial charge on any atom is 0.217 e. The fourth-order valence-electron chi connectivity index (χ4n) is 2.16. The summed E-state index contributed by atoms with van der Waals surface area (Å²) in [4.78, 5) is 0. The third-order valence-corrected chi connectivity index (χ3v) is 6.08. The molecule has 1 aliphatic heterocycles. The topological polar surface area (TPSA) is 49.4 Å². The van der Waals surface area contributed by atoms with E-state index in [4.69, 9.17) is 0 Å². The highest BCUT2D eigenvalue weighted by atomic mass is 32.2. The van der Waals surface area contributed by atoms with Gasteiger partial charge in [-0.25, -0.2) is 12.7 Å². The number of hydrogen-bond donors (Lipinski definition) is 1. The molecule has 1 aliphatic rings. The van der Waals surface area contributed by atoms with Crippen LogP contribution in [-0.2, 0) is 10.0 Å². The number of piperidine rings is 1. The molecule has 1 N–H and O–H groups in total. The Balaban J connectivity index is 2.64. The van der Waals surface area contributed by atoms with Crippen LogP contribution in [-0.4, -0.2) is 44.2 Å². The molecule has 3 atom stereocenters. The SMILES string of the molecule is CCNCC(C)S(=O)(=O)N1CCC(C)C(C)C1. The Labute approximate surface area is 106 Å². The molecule has 4 nitrogen and oxygen atoms in total. The molecular weight excluding hydrogens is 236 g/mol. The van der Waals surface area contributed by atoms with Gasteiger partial charge < -0.3 is 5.32 Å². The summed E-state index contributed by atoms with van der Waals surface area (Å²) < 4.78 is 26.3. The van der Waals surface area contributed by atoms with Crippen LogP contribution in [0.2, 0.25) is 0 Å². The Morgan fingerprint density at radius 1 is 1.35 bits per heavy atom. The highest BCUT2D eigenvalue weighted by Crippen LogP contribution is 2.25. The van der Waals surface area contributed by atoms with Crippen molar-refractivity contribution >= 4 is 10.0 Å². The molecule has 0 amide bonds. The third-order valence-electron chi connectivity index (χ3n) is 3.85. The predicted octanol–water partition coefficient (Wildman–Crippen LogP) is 1.29. The van der Waals surface area contributed by atoms with Crippen LogP contribution in [0.1, 0.15) is 34.1 Å². The molecule has 0 spiro atoms. The van der Waals surface area contributed by atoms with Gasteiger partial charge in [-0.1, -0.05) is 20.8 Å². The lowest BCUT2D eigenvalue weighted by Crippen LogP contribution is -2.47. The molecule has 1 heterocycles. The standard InChI is InChI=1S/C12H26N2O2S/c1-5-13-8-12(4)17(15,16)14-7-6-10(2)11(3)9-14/h10-13H,5-9H2,1-4H3. The van der Waals surface area contributed by atoms with Gasteiger partial charge >= 0.3 is 0 Å². The fraction of sp³-hybridized carbons (Fsp3) is 1.00. The van der Waals surface area contributed by atoms with Crippen molar-refractivity contribution in [3.63, 3.8) is 0 Å². The maximum absolute atomic E-state index is 12.3. The molecule has 3 unspecified atom stereocenters. The molecule has 0 aromatic heterocycles. The molecule has 1 fully saturated rings. The summed E-state index contributed by atoms with van der Waals surface area (Å²) >= 11 is 0. The number of rotatable bonds is 5. The molecule has 0 aliphatic carbocycles. The van der Waals surface area contributed by atoms with E-state index in [1.165, 1.54) is 0 Å². The van der Waals surface area contributed by atoms with E-state index in [1.807, 2.05) is 6.92 Å². The van der Waals surface area contributed by atoms with E-state index in [-0.39, 0.29) is 5.25 Å². The maximum atomic E-state index is 12.3. The zero-order valence-corrected chi connectivity index (χ0v) is 12.3. The van der Waals surface area contributed by atoms with Gasteiger partial charge in [-0.2, -0.15) is 0 Å². The lowest BCUT2D eigenvalue weighted by molar-refractivity contribution is 0.211. The molecule has 1 rings (SSSR count). The largest absolute Gasteiger partial charge is 0.316 e. The van der Waals surface area contributed by atoms with Crippen LogP contribution in [0.5, 0.6) is 0 Å². The second-order valence-corrected chi connectivity index (χ2v) is 7.62. The van der Waals surface area contributed by atoms with Crippen molar-refractivity contribution in [2.24, 2.45) is 11.8 Å². The van der Waals surface area contributed by atoms with Gasteiger partial charge in [0.15, 0.2) is 0 Å². The van der Waals surface area contributed by atoms with Gasteiger partial charge in [-0.05, 0) is 31.7 Å². The van der Waals surface area contributed by atoms with Crippen LogP contribution in [0.4, 0.5) is 0 Å². The first-order valence-corrected chi connectivity index (χ1v) is 8.09. The van der Waals surface area contributed by atoms with Gasteiger partial charge in [0.25, 0.3) is 0 Å². The van der Waals surface area contributed by atoms with E-state index in [0.717, 1.165) is 13.0 Å². The number of hydrogen-bond acceptors (Lipinski definition) is 3. The first-order valence-electron chi connectivity index (χ1n) is 6.59. The average Bonchev–Trinajstić information content (AvgIpc) is 2.29. The molecule has 0 radical (unpaired) electrons. The number of nitrogens with one attached hydrogen (secondary N) is 1. The lowest BCUT2D eigenvalue weighted by atomic mass is 9.90. The third kappa shape index (κ3) is 3.66. The van der Waals surface area contributed by atoms with E-state index in [0.29, 0.717) is 31.5 Å². The summed E-state index contributed by atoms with van der Waals surface area (Å²) in [6, 6.07) is 0. The highest BCUT2D eigenvalue weighted by molar-refractivity contribution is 7.89. The first kappa shape index (κ1) is 14.9. The van der Waals surface area contributed by atoms with Gasteiger partial charge in [0.05, 0.1) is 5.25 Å². The van der Waals surface area contributed by atoms with Gasteiger partial charge in [-0.3, -0.25) is 0 Å². The summed E-state index contributed by atoms with van der Waals surface area (Å²) in [5.74, 6) is 1.09. The highest BCUT2D eigenvalue weighted by Gasteiger charge is 2.33. The molecule has 17 heavy (non-hydrogen) atoms. The van der Waals surface area contributed by atoms with E-state index < -0.39 is 10.0 Å². The fourth-order valence-corrected chi connectivity index (χ4v) is 3.80. The van der Waals surface area contributed by atoms with Crippen molar-refractivity contribution in [2.45, 2.75) is 39.4 Å². The molecule has 5 heteroatoms. The number of sulfonamides is 1. The minimum absolute atomic E-state index is 0.331. The van der Waals surface area contributed by atoms with Gasteiger partial charge in [-0.15, -0.1) is 0 Å². The molecule has 0 saturated carbocycles. The lowest BCUT2D eigenvalue weighted by Gasteiger charge is -2.35. The molecule has 1 saturated heterocycles. The Morgan fingerprint density at radius 3 is 2.53 bits per heavy atom. The van der Waals surface area contributed by atoms with Crippen LogP contribution >= 0.6 is 0 Å².